The van der Waals surface area contributed by atoms with Crippen molar-refractivity contribution in [2.75, 3.05) is 13.1 Å². The van der Waals surface area contributed by atoms with Crippen molar-refractivity contribution >= 4 is 5.91 Å². The molecule has 4 nitrogen and oxygen atoms in total. The van der Waals surface area contributed by atoms with E-state index in [9.17, 15) is 4.79 Å². The van der Waals surface area contributed by atoms with Gasteiger partial charge in [0, 0.05) is 31.6 Å². The number of allylic oxidation sites excluding steroid dienone is 1. The second-order valence-corrected chi connectivity index (χ2v) is 8.53. The average Bonchev–Trinajstić information content (AvgIpc) is 2.85. The van der Waals surface area contributed by atoms with Gasteiger partial charge in [-0.2, -0.15) is 0 Å². The highest BCUT2D eigenvalue weighted by molar-refractivity contribution is 5.73. The van der Waals surface area contributed by atoms with Crippen LogP contribution >= 0.6 is 0 Å². The van der Waals surface area contributed by atoms with Crippen LogP contribution < -0.4 is 10.1 Å². The summed E-state index contributed by atoms with van der Waals surface area (Å²) in [6, 6.07) is 8.75. The first-order valence-electron chi connectivity index (χ1n) is 10.6. The number of nitrogens with one attached hydrogen (secondary N) is 1. The molecule has 146 valence electrons. The predicted octanol–water partition coefficient (Wildman–Crippen LogP) is 4.20. The summed E-state index contributed by atoms with van der Waals surface area (Å²) in [6.07, 6.45) is 11.9. The van der Waals surface area contributed by atoms with Gasteiger partial charge in [0.25, 0.3) is 0 Å². The first kappa shape index (κ1) is 18.5. The van der Waals surface area contributed by atoms with E-state index < -0.39 is 0 Å². The molecule has 1 aromatic rings. The number of fused-ring (bicyclic) bond motifs is 1. The van der Waals surface area contributed by atoms with Crippen LogP contribution in [0.3, 0.4) is 0 Å². The fourth-order valence-corrected chi connectivity index (χ4v) is 4.78. The molecule has 1 saturated carbocycles. The summed E-state index contributed by atoms with van der Waals surface area (Å²) < 4.78 is 6.58. The number of rotatable bonds is 3. The van der Waals surface area contributed by atoms with Crippen molar-refractivity contribution in [3.8, 4) is 5.75 Å². The molecule has 0 aromatic heterocycles. The lowest BCUT2D eigenvalue weighted by atomic mass is 9.81. The van der Waals surface area contributed by atoms with E-state index in [4.69, 9.17) is 4.74 Å². The lowest BCUT2D eigenvalue weighted by molar-refractivity contribution is -0.132. The van der Waals surface area contributed by atoms with Crippen molar-refractivity contribution in [2.45, 2.75) is 76.5 Å². The molecule has 3 aliphatic rings. The highest BCUT2D eigenvalue weighted by atomic mass is 16.5. The fraction of sp³-hybridized carbons (Fsp3) is 0.609. The number of hydrogen-bond donors (Lipinski definition) is 1. The van der Waals surface area contributed by atoms with E-state index in [0.717, 1.165) is 43.5 Å². The molecule has 1 heterocycles. The molecule has 1 amide bonds. The van der Waals surface area contributed by atoms with Crippen molar-refractivity contribution < 1.29 is 9.53 Å². The second-order valence-electron chi connectivity index (χ2n) is 8.53. The second kappa shape index (κ2) is 8.05. The summed E-state index contributed by atoms with van der Waals surface area (Å²) >= 11 is 0. The smallest absolute Gasteiger partial charge is 0.219 e. The van der Waals surface area contributed by atoms with Gasteiger partial charge in [-0.25, -0.2) is 0 Å². The van der Waals surface area contributed by atoms with E-state index in [1.165, 1.54) is 25.7 Å². The molecule has 0 atom stereocenters. The third kappa shape index (κ3) is 4.37. The lowest BCUT2D eigenvalue weighted by Gasteiger charge is -2.41. The SMILES string of the molecule is CC(=O)N1Cc2ccccc2OC2(CCC(NCC3=CCCCC3)CC2)C1. The number of carbonyl (C=O) groups is 1. The van der Waals surface area contributed by atoms with Crippen LogP contribution in [0.5, 0.6) is 5.75 Å². The Morgan fingerprint density at radius 2 is 2.07 bits per heavy atom. The van der Waals surface area contributed by atoms with Gasteiger partial charge in [-0.3, -0.25) is 4.79 Å². The third-order valence-corrected chi connectivity index (χ3v) is 6.48. The molecule has 27 heavy (non-hydrogen) atoms. The van der Waals surface area contributed by atoms with E-state index in [1.54, 1.807) is 12.5 Å². The lowest BCUT2D eigenvalue weighted by Crippen LogP contribution is -2.51. The van der Waals surface area contributed by atoms with Crippen molar-refractivity contribution in [2.24, 2.45) is 0 Å². The van der Waals surface area contributed by atoms with Gasteiger partial charge >= 0.3 is 0 Å². The van der Waals surface area contributed by atoms with Crippen LogP contribution in [0.2, 0.25) is 0 Å². The summed E-state index contributed by atoms with van der Waals surface area (Å²) in [7, 11) is 0. The number of carbonyl (C=O) groups excluding carboxylic acids is 1. The maximum Gasteiger partial charge on any atom is 0.219 e. The van der Waals surface area contributed by atoms with Gasteiger partial charge in [-0.1, -0.05) is 29.8 Å². The monoisotopic (exact) mass is 368 g/mol. The molecule has 0 bridgehead atoms. The molecular weight excluding hydrogens is 336 g/mol. The average molecular weight is 369 g/mol. The van der Waals surface area contributed by atoms with Crippen LogP contribution in [0.4, 0.5) is 0 Å². The Bertz CT molecular complexity index is 704. The van der Waals surface area contributed by atoms with Crippen LogP contribution in [-0.2, 0) is 11.3 Å². The minimum absolute atomic E-state index is 0.138. The Kier molecular flexibility index (Phi) is 5.53. The Balaban J connectivity index is 1.41. The quantitative estimate of drug-likeness (QED) is 0.813. The number of nitrogens with zero attached hydrogens (tertiary/aromatic N) is 1. The van der Waals surface area contributed by atoms with Crippen LogP contribution in [0, 0.1) is 0 Å². The Morgan fingerprint density at radius 3 is 2.81 bits per heavy atom. The molecule has 0 saturated heterocycles. The van der Waals surface area contributed by atoms with Crippen LogP contribution in [0.15, 0.2) is 35.9 Å². The summed E-state index contributed by atoms with van der Waals surface area (Å²) in [5, 5.41) is 3.78. The van der Waals surface area contributed by atoms with Crippen LogP contribution in [0.1, 0.15) is 63.9 Å². The van der Waals surface area contributed by atoms with Gasteiger partial charge in [0.15, 0.2) is 0 Å². The summed E-state index contributed by atoms with van der Waals surface area (Å²) in [4.78, 5) is 14.1. The number of amides is 1. The maximum absolute atomic E-state index is 12.2. The molecule has 0 radical (unpaired) electrons. The molecule has 2 aliphatic carbocycles. The molecule has 4 rings (SSSR count). The van der Waals surface area contributed by atoms with Gasteiger partial charge < -0.3 is 15.0 Å². The Hall–Kier alpha value is -1.81. The van der Waals surface area contributed by atoms with Crippen molar-refractivity contribution in [1.82, 2.24) is 10.2 Å². The molecule has 0 unspecified atom stereocenters. The van der Waals surface area contributed by atoms with Gasteiger partial charge in [0.05, 0.1) is 6.54 Å². The summed E-state index contributed by atoms with van der Waals surface area (Å²) in [5.41, 5.74) is 2.47. The highest BCUT2D eigenvalue weighted by Gasteiger charge is 2.41. The number of hydrogen-bond acceptors (Lipinski definition) is 3. The van der Waals surface area contributed by atoms with E-state index in [1.807, 2.05) is 17.0 Å². The van der Waals surface area contributed by atoms with Crippen molar-refractivity contribution in [3.05, 3.63) is 41.5 Å². The van der Waals surface area contributed by atoms with E-state index in [2.05, 4.69) is 23.5 Å². The van der Waals surface area contributed by atoms with Gasteiger partial charge in [0.1, 0.15) is 11.4 Å². The molecule has 1 spiro atoms. The van der Waals surface area contributed by atoms with Crippen molar-refractivity contribution in [1.29, 1.82) is 0 Å². The minimum Gasteiger partial charge on any atom is -0.485 e. The molecule has 1 N–H and O–H groups in total. The molecule has 1 aromatic carbocycles. The van der Waals surface area contributed by atoms with Gasteiger partial charge in [-0.05, 0) is 57.4 Å². The maximum atomic E-state index is 12.2. The van der Waals surface area contributed by atoms with Crippen molar-refractivity contribution in [3.63, 3.8) is 0 Å². The van der Waals surface area contributed by atoms with Gasteiger partial charge in [0.2, 0.25) is 5.91 Å². The van der Waals surface area contributed by atoms with E-state index >= 15 is 0 Å². The number of para-hydroxylation sites is 1. The van der Waals surface area contributed by atoms with Gasteiger partial charge in [-0.15, -0.1) is 0 Å². The summed E-state index contributed by atoms with van der Waals surface area (Å²) in [6.45, 7) is 4.08. The van der Waals surface area contributed by atoms with E-state index in [-0.39, 0.29) is 11.5 Å². The highest BCUT2D eigenvalue weighted by Crippen LogP contribution is 2.38. The van der Waals surface area contributed by atoms with Crippen LogP contribution in [0.25, 0.3) is 0 Å². The number of ether oxygens (including phenoxy) is 1. The van der Waals surface area contributed by atoms with E-state index in [0.29, 0.717) is 19.1 Å². The summed E-state index contributed by atoms with van der Waals surface area (Å²) in [5.74, 6) is 1.10. The Morgan fingerprint density at radius 1 is 1.26 bits per heavy atom. The topological polar surface area (TPSA) is 41.6 Å². The standard InChI is InChI=1S/C23H32N2O2/c1-18(26)25-16-20-9-5-6-10-22(20)27-23(17-25)13-11-21(12-14-23)24-15-19-7-3-2-4-8-19/h5-7,9-10,21,24H,2-4,8,11-17H2,1H3. The minimum atomic E-state index is -0.236. The molecule has 4 heteroatoms. The van der Waals surface area contributed by atoms with Crippen LogP contribution in [-0.4, -0.2) is 35.5 Å². The Labute approximate surface area is 163 Å². The predicted molar refractivity (Wildman–Crippen MR) is 108 cm³/mol. The zero-order valence-electron chi connectivity index (χ0n) is 16.5. The molecule has 1 aliphatic heterocycles. The third-order valence-electron chi connectivity index (χ3n) is 6.48. The molecule has 1 fully saturated rings. The largest absolute Gasteiger partial charge is 0.485 e. The first-order valence-corrected chi connectivity index (χ1v) is 10.6. The molecular formula is C23H32N2O2. The fourth-order valence-electron chi connectivity index (χ4n) is 4.78. The number of benzene rings is 1. The zero-order chi connectivity index (χ0) is 18.7. The zero-order valence-corrected chi connectivity index (χ0v) is 16.5. The normalized spacial score (nSPS) is 28.1. The first-order chi connectivity index (χ1) is 13.1.